The monoisotopic (exact) mass is 441 g/mol. The normalized spacial score (nSPS) is 16.6. The van der Waals surface area contributed by atoms with Gasteiger partial charge in [0.2, 0.25) is 0 Å². The molecule has 3 aromatic carbocycles. The first-order valence-electron chi connectivity index (χ1n) is 10.9. The molecule has 0 saturated heterocycles. The third-order valence-corrected chi connectivity index (χ3v) is 7.31. The first-order valence-corrected chi connectivity index (χ1v) is 11.8. The van der Waals surface area contributed by atoms with E-state index >= 15 is 0 Å². The highest BCUT2D eigenvalue weighted by Gasteiger charge is 2.45. The zero-order valence-electron chi connectivity index (χ0n) is 18.2. The number of fused-ring (bicyclic) bond motifs is 1. The minimum Gasteiger partial charge on any atom is -0.359 e. The van der Waals surface area contributed by atoms with Crippen LogP contribution in [-0.2, 0) is 21.6 Å². The van der Waals surface area contributed by atoms with Crippen LogP contribution >= 0.6 is 11.3 Å². The molecule has 162 valence electrons. The van der Waals surface area contributed by atoms with Gasteiger partial charge in [0.15, 0.2) is 0 Å². The summed E-state index contributed by atoms with van der Waals surface area (Å²) >= 11 is 1.78. The fraction of sp³-hybridized carbons (Fsp3) is 0.214. The lowest BCUT2D eigenvalue weighted by molar-refractivity contribution is -0.0928. The maximum absolute atomic E-state index is 6.20. The minimum absolute atomic E-state index is 0.0331. The highest BCUT2D eigenvalue weighted by atomic mass is 32.1. The molecule has 32 heavy (non-hydrogen) atoms. The van der Waals surface area contributed by atoms with E-state index in [-0.39, 0.29) is 12.9 Å². The van der Waals surface area contributed by atoms with E-state index in [1.54, 1.807) is 18.4 Å². The van der Waals surface area contributed by atoms with E-state index in [4.69, 9.17) is 9.47 Å². The third kappa shape index (κ3) is 3.70. The molecule has 1 aromatic heterocycles. The van der Waals surface area contributed by atoms with Gasteiger partial charge in [-0.15, -0.1) is 11.3 Å². The molecule has 0 fully saturated rings. The summed E-state index contributed by atoms with van der Waals surface area (Å²) in [5.74, 6) is 0. The number of methoxy groups -OCH3 is 1. The molecule has 0 N–H and O–H groups in total. The Morgan fingerprint density at radius 2 is 1.34 bits per heavy atom. The van der Waals surface area contributed by atoms with Gasteiger partial charge in [-0.25, -0.2) is 0 Å². The molecule has 1 aliphatic rings. The molecule has 4 heteroatoms. The molecule has 1 unspecified atom stereocenters. The molecule has 0 amide bonds. The lowest BCUT2D eigenvalue weighted by atomic mass is 9.74. The first kappa shape index (κ1) is 21.1. The average Bonchev–Trinajstić information content (AvgIpc) is 3.34. The molecule has 0 aliphatic carbocycles. The number of hydrogen-bond donors (Lipinski definition) is 0. The first-order chi connectivity index (χ1) is 15.8. The van der Waals surface area contributed by atoms with E-state index in [0.29, 0.717) is 0 Å². The molecule has 0 bridgehead atoms. The van der Waals surface area contributed by atoms with Gasteiger partial charge in [-0.3, -0.25) is 4.90 Å². The molecule has 1 aliphatic heterocycles. The molecular formula is C28H27NO2S. The van der Waals surface area contributed by atoms with Gasteiger partial charge in [0, 0.05) is 25.1 Å². The summed E-state index contributed by atoms with van der Waals surface area (Å²) in [6, 6.07) is 34.8. The second-order valence-electron chi connectivity index (χ2n) is 8.06. The summed E-state index contributed by atoms with van der Waals surface area (Å²) in [4.78, 5) is 3.88. The molecule has 3 nitrogen and oxygen atoms in total. The van der Waals surface area contributed by atoms with E-state index in [1.165, 1.54) is 27.1 Å². The Hall–Kier alpha value is -2.76. The van der Waals surface area contributed by atoms with Crippen molar-refractivity contribution in [2.75, 3.05) is 20.4 Å². The van der Waals surface area contributed by atoms with Crippen LogP contribution in [0.3, 0.4) is 0 Å². The lowest BCUT2D eigenvalue weighted by Gasteiger charge is -2.48. The maximum Gasteiger partial charge on any atom is 0.147 e. The largest absolute Gasteiger partial charge is 0.359 e. The quantitative estimate of drug-likeness (QED) is 0.251. The van der Waals surface area contributed by atoms with Crippen LogP contribution in [0.2, 0.25) is 0 Å². The molecule has 5 rings (SSSR count). The molecule has 0 radical (unpaired) electrons. The van der Waals surface area contributed by atoms with Crippen LogP contribution in [0.4, 0.5) is 0 Å². The summed E-state index contributed by atoms with van der Waals surface area (Å²) < 4.78 is 11.5. The Labute approximate surface area is 193 Å². The Kier molecular flexibility index (Phi) is 6.19. The van der Waals surface area contributed by atoms with Crippen molar-refractivity contribution < 1.29 is 9.47 Å². The van der Waals surface area contributed by atoms with Crippen molar-refractivity contribution in [1.29, 1.82) is 0 Å². The van der Waals surface area contributed by atoms with E-state index < -0.39 is 5.54 Å². The topological polar surface area (TPSA) is 21.7 Å². The molecule has 2 heterocycles. The molecule has 0 saturated carbocycles. The van der Waals surface area contributed by atoms with E-state index in [1.807, 2.05) is 0 Å². The highest BCUT2D eigenvalue weighted by Crippen LogP contribution is 2.47. The SMILES string of the molecule is COCOC1CN(C(c2ccccc2)(c2ccccc2)c2ccccc2)Cc2ccsc21. The van der Waals surface area contributed by atoms with Gasteiger partial charge in [0.25, 0.3) is 0 Å². The standard InChI is InChI=1S/C28H27NO2S/c1-30-21-31-26-20-29(19-22-17-18-32-27(22)26)28(23-11-5-2-6-12-23,24-13-7-3-8-14-24)25-15-9-4-10-16-25/h2-18,26H,19-21H2,1H3. The molecule has 1 atom stereocenters. The maximum atomic E-state index is 6.20. The van der Waals surface area contributed by atoms with Crippen molar-refractivity contribution in [3.63, 3.8) is 0 Å². The van der Waals surface area contributed by atoms with E-state index in [9.17, 15) is 0 Å². The van der Waals surface area contributed by atoms with Gasteiger partial charge in [-0.2, -0.15) is 0 Å². The summed E-state index contributed by atoms with van der Waals surface area (Å²) in [6.45, 7) is 1.91. The number of ether oxygens (including phenoxy) is 2. The van der Waals surface area contributed by atoms with Gasteiger partial charge < -0.3 is 9.47 Å². The van der Waals surface area contributed by atoms with Crippen molar-refractivity contribution in [3.05, 3.63) is 130 Å². The Balaban J connectivity index is 1.74. The second kappa shape index (κ2) is 9.39. The molecular weight excluding hydrogens is 414 g/mol. The number of thiophene rings is 1. The summed E-state index contributed by atoms with van der Waals surface area (Å²) in [5, 5.41) is 2.17. The minimum atomic E-state index is -0.446. The Morgan fingerprint density at radius 3 is 1.84 bits per heavy atom. The number of benzene rings is 3. The zero-order valence-corrected chi connectivity index (χ0v) is 19.0. The number of rotatable bonds is 7. The third-order valence-electron chi connectivity index (χ3n) is 6.26. The fourth-order valence-electron chi connectivity index (χ4n) is 4.93. The predicted octanol–water partition coefficient (Wildman–Crippen LogP) is 6.22. The smallest absolute Gasteiger partial charge is 0.147 e. The van der Waals surface area contributed by atoms with Crippen LogP contribution in [0.5, 0.6) is 0 Å². The predicted molar refractivity (Wildman–Crippen MR) is 130 cm³/mol. The highest BCUT2D eigenvalue weighted by molar-refractivity contribution is 7.10. The van der Waals surface area contributed by atoms with Gasteiger partial charge >= 0.3 is 0 Å². The number of hydrogen-bond acceptors (Lipinski definition) is 4. The van der Waals surface area contributed by atoms with Crippen molar-refractivity contribution in [3.8, 4) is 0 Å². The molecule has 4 aromatic rings. The summed E-state index contributed by atoms with van der Waals surface area (Å²) in [6.07, 6.45) is -0.0331. The van der Waals surface area contributed by atoms with Crippen LogP contribution in [0.15, 0.2) is 102 Å². The molecule has 0 spiro atoms. The van der Waals surface area contributed by atoms with Crippen molar-refractivity contribution in [2.45, 2.75) is 18.2 Å². The number of nitrogens with zero attached hydrogens (tertiary/aromatic N) is 1. The fourth-order valence-corrected chi connectivity index (χ4v) is 5.89. The Bertz CT molecular complexity index is 1030. The van der Waals surface area contributed by atoms with Gasteiger partial charge in [0.1, 0.15) is 12.9 Å². The van der Waals surface area contributed by atoms with E-state index in [2.05, 4.69) is 107 Å². The van der Waals surface area contributed by atoms with Gasteiger partial charge in [-0.1, -0.05) is 91.0 Å². The van der Waals surface area contributed by atoms with Crippen molar-refractivity contribution >= 4 is 11.3 Å². The van der Waals surface area contributed by atoms with Gasteiger partial charge in [-0.05, 0) is 33.7 Å². The summed E-state index contributed by atoms with van der Waals surface area (Å²) in [5.41, 5.74) is 4.64. The van der Waals surface area contributed by atoms with Gasteiger partial charge in [0.05, 0.1) is 5.54 Å². The van der Waals surface area contributed by atoms with E-state index in [0.717, 1.165) is 13.1 Å². The zero-order chi connectivity index (χ0) is 21.8. The lowest BCUT2D eigenvalue weighted by Crippen LogP contribution is -2.51. The van der Waals surface area contributed by atoms with Crippen molar-refractivity contribution in [2.24, 2.45) is 0 Å². The summed E-state index contributed by atoms with van der Waals surface area (Å²) in [7, 11) is 1.68. The second-order valence-corrected chi connectivity index (χ2v) is 9.01. The van der Waals surface area contributed by atoms with Crippen LogP contribution < -0.4 is 0 Å². The van der Waals surface area contributed by atoms with Crippen LogP contribution in [0, 0.1) is 0 Å². The Morgan fingerprint density at radius 1 is 0.812 bits per heavy atom. The average molecular weight is 442 g/mol. The van der Waals surface area contributed by atoms with Crippen LogP contribution in [-0.4, -0.2) is 25.3 Å². The van der Waals surface area contributed by atoms with Crippen molar-refractivity contribution in [1.82, 2.24) is 4.90 Å². The van der Waals surface area contributed by atoms with Crippen LogP contribution in [0.25, 0.3) is 0 Å². The van der Waals surface area contributed by atoms with Crippen LogP contribution in [0.1, 0.15) is 33.2 Å².